The number of guanidine groups is 1. The van der Waals surface area contributed by atoms with E-state index in [1.807, 2.05) is 45.0 Å². The van der Waals surface area contributed by atoms with Gasteiger partial charge in [-0.05, 0) is 37.8 Å². The van der Waals surface area contributed by atoms with Crippen molar-refractivity contribution in [3.8, 4) is 0 Å². The van der Waals surface area contributed by atoms with Gasteiger partial charge >= 0.3 is 6.09 Å². The number of rotatable bonds is 5. The average Bonchev–Trinajstić information content (AvgIpc) is 2.41. The molecule has 0 fully saturated rings. The van der Waals surface area contributed by atoms with Gasteiger partial charge in [-0.1, -0.05) is 38.1 Å². The van der Waals surface area contributed by atoms with Gasteiger partial charge in [0, 0.05) is 0 Å². The molecule has 1 aromatic carbocycles. The van der Waals surface area contributed by atoms with E-state index in [0.717, 1.165) is 5.56 Å². The second-order valence-electron chi connectivity index (χ2n) is 6.79. The fraction of sp³-hybridized carbons (Fsp3) is 0.529. The van der Waals surface area contributed by atoms with Gasteiger partial charge in [0.05, 0.1) is 12.6 Å². The van der Waals surface area contributed by atoms with Crippen molar-refractivity contribution >= 4 is 12.1 Å². The van der Waals surface area contributed by atoms with Gasteiger partial charge in [-0.3, -0.25) is 4.99 Å². The predicted molar refractivity (Wildman–Crippen MR) is 93.3 cm³/mol. The summed E-state index contributed by atoms with van der Waals surface area (Å²) < 4.78 is 5.30. The molecule has 0 radical (unpaired) electrons. The first-order valence-corrected chi connectivity index (χ1v) is 7.73. The number of carbonyl (C=O) groups excluding carboxylic acids is 1. The fourth-order valence-electron chi connectivity index (χ4n) is 1.99. The summed E-state index contributed by atoms with van der Waals surface area (Å²) in [6, 6.07) is 7.67. The lowest BCUT2D eigenvalue weighted by Gasteiger charge is -2.23. The van der Waals surface area contributed by atoms with Gasteiger partial charge in [-0.2, -0.15) is 0 Å². The van der Waals surface area contributed by atoms with Gasteiger partial charge in [-0.25, -0.2) is 4.79 Å². The van der Waals surface area contributed by atoms with Crippen molar-refractivity contribution < 1.29 is 9.53 Å². The summed E-state index contributed by atoms with van der Waals surface area (Å²) in [6.45, 7) is 9.96. The number of nitrogens with zero attached hydrogens (tertiary/aromatic N) is 1. The number of alkyl carbamates (subject to hydrolysis) is 1. The molecule has 1 rings (SSSR count). The zero-order valence-corrected chi connectivity index (χ0v) is 14.6. The maximum Gasteiger partial charge on any atom is 0.408 e. The van der Waals surface area contributed by atoms with Gasteiger partial charge in [0.15, 0.2) is 5.96 Å². The van der Waals surface area contributed by atoms with Crippen LogP contribution in [-0.2, 0) is 4.74 Å². The second kappa shape index (κ2) is 7.85. The molecular weight excluding hydrogens is 292 g/mol. The third kappa shape index (κ3) is 7.04. The Morgan fingerprint density at radius 1 is 1.17 bits per heavy atom. The molecule has 5 N–H and O–H groups in total. The normalized spacial score (nSPS) is 12.6. The van der Waals surface area contributed by atoms with E-state index < -0.39 is 11.7 Å². The monoisotopic (exact) mass is 320 g/mol. The molecule has 0 spiro atoms. The third-order valence-electron chi connectivity index (χ3n) is 3.15. The number of ether oxygens (including phenoxy) is 1. The highest BCUT2D eigenvalue weighted by Crippen LogP contribution is 2.20. The summed E-state index contributed by atoms with van der Waals surface area (Å²) >= 11 is 0. The van der Waals surface area contributed by atoms with Crippen LogP contribution in [0.25, 0.3) is 0 Å². The Morgan fingerprint density at radius 3 is 2.13 bits per heavy atom. The zero-order chi connectivity index (χ0) is 17.6. The van der Waals surface area contributed by atoms with E-state index in [1.54, 1.807) is 0 Å². The molecular formula is C17H28N4O2. The Kier molecular flexibility index (Phi) is 6.42. The lowest BCUT2D eigenvalue weighted by molar-refractivity contribution is 0.0505. The van der Waals surface area contributed by atoms with Crippen LogP contribution < -0.4 is 16.8 Å². The van der Waals surface area contributed by atoms with Crippen molar-refractivity contribution in [2.24, 2.45) is 16.5 Å². The van der Waals surface area contributed by atoms with E-state index in [-0.39, 0.29) is 18.5 Å². The first kappa shape index (κ1) is 18.8. The van der Waals surface area contributed by atoms with Crippen molar-refractivity contribution in [3.63, 3.8) is 0 Å². The van der Waals surface area contributed by atoms with Gasteiger partial charge in [0.1, 0.15) is 5.60 Å². The summed E-state index contributed by atoms with van der Waals surface area (Å²) in [5.41, 5.74) is 12.4. The minimum Gasteiger partial charge on any atom is -0.444 e. The first-order chi connectivity index (χ1) is 10.6. The molecule has 1 atom stereocenters. The third-order valence-corrected chi connectivity index (χ3v) is 3.15. The zero-order valence-electron chi connectivity index (χ0n) is 14.6. The average molecular weight is 320 g/mol. The van der Waals surface area contributed by atoms with Crippen molar-refractivity contribution in [1.29, 1.82) is 0 Å². The summed E-state index contributed by atoms with van der Waals surface area (Å²) in [5.74, 6) is 0.429. The summed E-state index contributed by atoms with van der Waals surface area (Å²) in [5, 5.41) is 2.81. The maximum atomic E-state index is 12.0. The van der Waals surface area contributed by atoms with Crippen LogP contribution in [0.4, 0.5) is 4.79 Å². The molecule has 0 aliphatic carbocycles. The van der Waals surface area contributed by atoms with Gasteiger partial charge in [0.25, 0.3) is 0 Å². The molecule has 1 amide bonds. The van der Waals surface area contributed by atoms with Crippen LogP contribution in [0.3, 0.4) is 0 Å². The van der Waals surface area contributed by atoms with E-state index in [0.29, 0.717) is 5.92 Å². The molecule has 0 aromatic heterocycles. The van der Waals surface area contributed by atoms with Crippen molar-refractivity contribution in [2.45, 2.75) is 52.2 Å². The highest BCUT2D eigenvalue weighted by Gasteiger charge is 2.20. The molecule has 0 saturated carbocycles. The number of benzene rings is 1. The summed E-state index contributed by atoms with van der Waals surface area (Å²) in [7, 11) is 0. The van der Waals surface area contributed by atoms with Gasteiger partial charge < -0.3 is 21.5 Å². The molecule has 0 unspecified atom stereocenters. The van der Waals surface area contributed by atoms with Gasteiger partial charge in [-0.15, -0.1) is 0 Å². The quantitative estimate of drug-likeness (QED) is 0.573. The van der Waals surface area contributed by atoms with Crippen LogP contribution in [0.5, 0.6) is 0 Å². The number of aliphatic imine (C=N–C) groups is 1. The first-order valence-electron chi connectivity index (χ1n) is 7.73. The lowest BCUT2D eigenvalue weighted by atomic mass is 9.99. The predicted octanol–water partition coefficient (Wildman–Crippen LogP) is 2.65. The lowest BCUT2D eigenvalue weighted by Crippen LogP contribution is -2.36. The molecule has 128 valence electrons. The Hall–Kier alpha value is -2.24. The summed E-state index contributed by atoms with van der Waals surface area (Å²) in [6.07, 6.45) is -0.499. The van der Waals surface area contributed by atoms with Gasteiger partial charge in [0.2, 0.25) is 0 Å². The molecule has 6 heteroatoms. The molecule has 0 aliphatic heterocycles. The Labute approximate surface area is 138 Å². The molecule has 0 heterocycles. The highest BCUT2D eigenvalue weighted by molar-refractivity contribution is 5.75. The van der Waals surface area contributed by atoms with E-state index in [1.165, 1.54) is 5.56 Å². The molecule has 0 bridgehead atoms. The van der Waals surface area contributed by atoms with Crippen LogP contribution in [-0.4, -0.2) is 24.2 Å². The van der Waals surface area contributed by atoms with Crippen molar-refractivity contribution in [3.05, 3.63) is 35.4 Å². The van der Waals surface area contributed by atoms with Crippen molar-refractivity contribution in [1.82, 2.24) is 5.32 Å². The topological polar surface area (TPSA) is 103 Å². The number of amides is 1. The smallest absolute Gasteiger partial charge is 0.408 e. The number of nitrogens with one attached hydrogen (secondary N) is 1. The van der Waals surface area contributed by atoms with Crippen LogP contribution in [0.1, 0.15) is 57.7 Å². The molecule has 23 heavy (non-hydrogen) atoms. The Balaban J connectivity index is 2.91. The van der Waals surface area contributed by atoms with Crippen molar-refractivity contribution in [2.75, 3.05) is 6.54 Å². The number of hydrogen-bond acceptors (Lipinski definition) is 3. The van der Waals surface area contributed by atoms with E-state index in [2.05, 4.69) is 24.2 Å². The van der Waals surface area contributed by atoms with Crippen LogP contribution in [0.2, 0.25) is 0 Å². The molecule has 0 saturated heterocycles. The van der Waals surface area contributed by atoms with E-state index in [4.69, 9.17) is 16.2 Å². The van der Waals surface area contributed by atoms with Crippen LogP contribution in [0.15, 0.2) is 29.3 Å². The Morgan fingerprint density at radius 2 is 1.70 bits per heavy atom. The molecule has 6 nitrogen and oxygen atoms in total. The number of carbonyl (C=O) groups is 1. The fourth-order valence-corrected chi connectivity index (χ4v) is 1.99. The standard InChI is InChI=1S/C17H28N4O2/c1-11(2)12-6-8-13(9-7-12)14(10-20-15(18)19)21-16(22)23-17(3,4)5/h6-9,11,14H,10H2,1-5H3,(H,21,22)(H4,18,19,20)/t14-/m1/s1. The van der Waals surface area contributed by atoms with E-state index >= 15 is 0 Å². The summed E-state index contributed by atoms with van der Waals surface area (Å²) in [4.78, 5) is 16.0. The minimum absolute atomic E-state index is 0.0141. The van der Waals surface area contributed by atoms with E-state index in [9.17, 15) is 4.79 Å². The number of nitrogens with two attached hydrogens (primary N) is 2. The second-order valence-corrected chi connectivity index (χ2v) is 6.79. The number of hydrogen-bond donors (Lipinski definition) is 3. The SMILES string of the molecule is CC(C)c1ccc([C@@H](CN=C(N)N)NC(=O)OC(C)(C)C)cc1. The largest absolute Gasteiger partial charge is 0.444 e. The molecule has 0 aliphatic rings. The van der Waals surface area contributed by atoms with Crippen LogP contribution >= 0.6 is 0 Å². The Bertz CT molecular complexity index is 541. The molecule has 1 aromatic rings. The maximum absolute atomic E-state index is 12.0. The van der Waals surface area contributed by atoms with Crippen LogP contribution in [0, 0.1) is 0 Å². The highest BCUT2D eigenvalue weighted by atomic mass is 16.6. The minimum atomic E-state index is -0.563.